The molecule has 0 fully saturated rings. The van der Waals surface area contributed by atoms with Crippen molar-refractivity contribution in [3.63, 3.8) is 0 Å². The van der Waals surface area contributed by atoms with E-state index < -0.39 is 9.84 Å². The lowest BCUT2D eigenvalue weighted by Crippen LogP contribution is -2.34. The van der Waals surface area contributed by atoms with Crippen LogP contribution in [0.1, 0.15) is 11.6 Å². The fourth-order valence-electron chi connectivity index (χ4n) is 2.09. The van der Waals surface area contributed by atoms with E-state index in [0.717, 1.165) is 0 Å². The van der Waals surface area contributed by atoms with E-state index >= 15 is 0 Å². The normalized spacial score (nSPS) is 11.4. The minimum atomic E-state index is -3.39. The van der Waals surface area contributed by atoms with Gasteiger partial charge in [-0.25, -0.2) is 18.1 Å². The third-order valence-corrected chi connectivity index (χ3v) is 5.18. The zero-order chi connectivity index (χ0) is 17.0. The maximum Gasteiger partial charge on any atom is 0.244 e. The second kappa shape index (κ2) is 6.91. The van der Waals surface area contributed by atoms with Crippen LogP contribution in [0.15, 0.2) is 35.2 Å². The van der Waals surface area contributed by atoms with Crippen molar-refractivity contribution < 1.29 is 13.2 Å². The lowest BCUT2D eigenvalue weighted by molar-refractivity contribution is -0.130. The van der Waals surface area contributed by atoms with Gasteiger partial charge in [0.25, 0.3) is 0 Å². The minimum absolute atomic E-state index is 0.0502. The molecule has 0 unspecified atom stereocenters. The molecule has 0 aliphatic heterocycles. The highest BCUT2D eigenvalue weighted by Crippen LogP contribution is 2.10. The number of hydrogen-bond acceptors (Lipinski definition) is 5. The van der Waals surface area contributed by atoms with E-state index in [0.29, 0.717) is 11.6 Å². The van der Waals surface area contributed by atoms with Gasteiger partial charge >= 0.3 is 0 Å². The first-order chi connectivity index (χ1) is 10.8. The Morgan fingerprint density at radius 1 is 1.22 bits per heavy atom. The third-order valence-electron chi connectivity index (χ3n) is 3.47. The molecule has 8 heteroatoms. The fourth-order valence-corrected chi connectivity index (χ4v) is 3.41. The Morgan fingerprint density at radius 3 is 2.43 bits per heavy atom. The van der Waals surface area contributed by atoms with E-state index in [-0.39, 0.29) is 29.6 Å². The largest absolute Gasteiger partial charge is 0.343 e. The number of sulfone groups is 1. The molecule has 0 radical (unpaired) electrons. The summed E-state index contributed by atoms with van der Waals surface area (Å²) in [6.07, 6.45) is 0. The van der Waals surface area contributed by atoms with Crippen molar-refractivity contribution in [3.8, 4) is 0 Å². The zero-order valence-corrected chi connectivity index (χ0v) is 14.2. The summed E-state index contributed by atoms with van der Waals surface area (Å²) in [5, 5.41) is 4.13. The van der Waals surface area contributed by atoms with Gasteiger partial charge in [0.1, 0.15) is 18.2 Å². The number of aromatic nitrogens is 3. The Hall–Kier alpha value is -2.22. The van der Waals surface area contributed by atoms with Crippen molar-refractivity contribution in [1.29, 1.82) is 0 Å². The van der Waals surface area contributed by atoms with E-state index in [1.807, 2.05) is 0 Å². The van der Waals surface area contributed by atoms with E-state index in [1.165, 1.54) is 9.58 Å². The number of benzene rings is 1. The van der Waals surface area contributed by atoms with Crippen LogP contribution in [0.2, 0.25) is 0 Å². The second-order valence-electron chi connectivity index (χ2n) is 5.31. The Bertz CT molecular complexity index is 784. The first-order valence-electron chi connectivity index (χ1n) is 7.19. The summed E-state index contributed by atoms with van der Waals surface area (Å²) in [6.45, 7) is 3.70. The van der Waals surface area contributed by atoms with E-state index in [4.69, 9.17) is 0 Å². The van der Waals surface area contributed by atoms with Gasteiger partial charge in [-0.05, 0) is 26.0 Å². The smallest absolute Gasteiger partial charge is 0.244 e. The molecule has 2 aromatic rings. The standard InChI is InChI=1S/C15H20N4O3S/c1-12-16-13(2)19(17-12)11-15(20)18(3)9-10-23(21,22)14-7-5-4-6-8-14/h4-8H,9-11H2,1-3H3. The molecule has 7 nitrogen and oxygen atoms in total. The molecule has 0 atom stereocenters. The summed E-state index contributed by atoms with van der Waals surface area (Å²) in [4.78, 5) is 18.0. The highest BCUT2D eigenvalue weighted by molar-refractivity contribution is 7.91. The Labute approximate surface area is 135 Å². The van der Waals surface area contributed by atoms with Gasteiger partial charge in [-0.15, -0.1) is 0 Å². The molecule has 124 valence electrons. The highest BCUT2D eigenvalue weighted by atomic mass is 32.2. The topological polar surface area (TPSA) is 85.2 Å². The number of carbonyl (C=O) groups is 1. The van der Waals surface area contributed by atoms with Gasteiger partial charge in [0, 0.05) is 13.6 Å². The lowest BCUT2D eigenvalue weighted by Gasteiger charge is -2.17. The van der Waals surface area contributed by atoms with Gasteiger partial charge in [0.2, 0.25) is 5.91 Å². The molecule has 2 rings (SSSR count). The van der Waals surface area contributed by atoms with Gasteiger partial charge in [-0.3, -0.25) is 4.79 Å². The Balaban J connectivity index is 1.95. The van der Waals surface area contributed by atoms with E-state index in [9.17, 15) is 13.2 Å². The van der Waals surface area contributed by atoms with Crippen molar-refractivity contribution in [3.05, 3.63) is 42.0 Å². The molecule has 0 bridgehead atoms. The van der Waals surface area contributed by atoms with Crippen molar-refractivity contribution >= 4 is 15.7 Å². The van der Waals surface area contributed by atoms with Crippen LogP contribution in [-0.2, 0) is 21.2 Å². The SMILES string of the molecule is Cc1nc(C)n(CC(=O)N(C)CCS(=O)(=O)c2ccccc2)n1. The van der Waals surface area contributed by atoms with Gasteiger partial charge < -0.3 is 4.90 Å². The van der Waals surface area contributed by atoms with Gasteiger partial charge in [0.15, 0.2) is 9.84 Å². The van der Waals surface area contributed by atoms with Crippen molar-refractivity contribution in [2.24, 2.45) is 0 Å². The zero-order valence-electron chi connectivity index (χ0n) is 13.4. The van der Waals surface area contributed by atoms with Crippen molar-refractivity contribution in [2.45, 2.75) is 25.3 Å². The van der Waals surface area contributed by atoms with Crippen LogP contribution in [0, 0.1) is 13.8 Å². The summed E-state index contributed by atoms with van der Waals surface area (Å²) in [5.41, 5.74) is 0. The third kappa shape index (κ3) is 4.38. The quantitative estimate of drug-likeness (QED) is 0.780. The monoisotopic (exact) mass is 336 g/mol. The highest BCUT2D eigenvalue weighted by Gasteiger charge is 2.18. The van der Waals surface area contributed by atoms with Crippen LogP contribution in [0.25, 0.3) is 0 Å². The predicted molar refractivity (Wildman–Crippen MR) is 85.6 cm³/mol. The van der Waals surface area contributed by atoms with E-state index in [1.54, 1.807) is 51.2 Å². The number of nitrogens with zero attached hydrogens (tertiary/aromatic N) is 4. The second-order valence-corrected chi connectivity index (χ2v) is 7.42. The van der Waals surface area contributed by atoms with Crippen LogP contribution in [-0.4, -0.2) is 53.3 Å². The predicted octanol–water partition coefficient (Wildman–Crippen LogP) is 0.827. The first kappa shape index (κ1) is 17.1. The molecule has 1 aromatic carbocycles. The summed E-state index contributed by atoms with van der Waals surface area (Å²) in [6, 6.07) is 8.23. The molecule has 0 saturated heterocycles. The first-order valence-corrected chi connectivity index (χ1v) is 8.84. The molecule has 0 aliphatic rings. The van der Waals surface area contributed by atoms with Gasteiger partial charge in [-0.2, -0.15) is 5.10 Å². The summed E-state index contributed by atoms with van der Waals surface area (Å²) < 4.78 is 25.9. The molecule has 1 amide bonds. The maximum absolute atomic E-state index is 12.2. The van der Waals surface area contributed by atoms with Gasteiger partial charge in [0.05, 0.1) is 10.6 Å². The van der Waals surface area contributed by atoms with Crippen LogP contribution in [0.4, 0.5) is 0 Å². The van der Waals surface area contributed by atoms with Crippen LogP contribution in [0.3, 0.4) is 0 Å². The van der Waals surface area contributed by atoms with Gasteiger partial charge in [-0.1, -0.05) is 18.2 Å². The van der Waals surface area contributed by atoms with E-state index in [2.05, 4.69) is 10.1 Å². The number of rotatable bonds is 6. The molecule has 1 aromatic heterocycles. The number of aryl methyl sites for hydroxylation is 2. The Kier molecular flexibility index (Phi) is 5.15. The number of amides is 1. The molecular weight excluding hydrogens is 316 g/mol. The molecule has 0 N–H and O–H groups in total. The summed E-state index contributed by atoms with van der Waals surface area (Å²) >= 11 is 0. The summed E-state index contributed by atoms with van der Waals surface area (Å²) in [5.74, 6) is 0.932. The molecular formula is C15H20N4O3S. The van der Waals surface area contributed by atoms with Crippen LogP contribution < -0.4 is 0 Å². The number of hydrogen-bond donors (Lipinski definition) is 0. The average molecular weight is 336 g/mol. The van der Waals surface area contributed by atoms with Crippen LogP contribution in [0.5, 0.6) is 0 Å². The van der Waals surface area contributed by atoms with Crippen LogP contribution >= 0.6 is 0 Å². The molecule has 0 spiro atoms. The fraction of sp³-hybridized carbons (Fsp3) is 0.400. The molecule has 0 saturated carbocycles. The number of likely N-dealkylation sites (N-methyl/N-ethyl adjacent to an activating group) is 1. The molecule has 0 aliphatic carbocycles. The Morgan fingerprint density at radius 2 is 1.87 bits per heavy atom. The minimum Gasteiger partial charge on any atom is -0.343 e. The average Bonchev–Trinajstić information content (AvgIpc) is 2.83. The molecule has 1 heterocycles. The lowest BCUT2D eigenvalue weighted by atomic mass is 10.4. The number of carbonyl (C=O) groups excluding carboxylic acids is 1. The maximum atomic E-state index is 12.2. The van der Waals surface area contributed by atoms with Crippen molar-refractivity contribution in [1.82, 2.24) is 19.7 Å². The van der Waals surface area contributed by atoms with Crippen molar-refractivity contribution in [2.75, 3.05) is 19.3 Å². The molecule has 23 heavy (non-hydrogen) atoms. The summed E-state index contributed by atoms with van der Waals surface area (Å²) in [7, 11) is -1.81.